The summed E-state index contributed by atoms with van der Waals surface area (Å²) in [6.07, 6.45) is 5.15. The Labute approximate surface area is 186 Å². The Bertz CT molecular complexity index is 1060. The Morgan fingerprint density at radius 3 is 2.45 bits per heavy atom. The Hall–Kier alpha value is -2.44. The lowest BCUT2D eigenvalue weighted by molar-refractivity contribution is 0.183. The van der Waals surface area contributed by atoms with Gasteiger partial charge in [-0.2, -0.15) is 5.10 Å². The van der Waals surface area contributed by atoms with E-state index in [2.05, 4.69) is 21.0 Å². The fourth-order valence-electron chi connectivity index (χ4n) is 4.92. The Morgan fingerprint density at radius 2 is 1.68 bits per heavy atom. The van der Waals surface area contributed by atoms with E-state index < -0.39 is 11.6 Å². The molecule has 1 saturated carbocycles. The molecular weight excluding hydrogens is 418 g/mol. The second-order valence-electron chi connectivity index (χ2n) is 8.40. The van der Waals surface area contributed by atoms with Gasteiger partial charge in [0.1, 0.15) is 11.6 Å². The molecule has 3 aromatic rings. The van der Waals surface area contributed by atoms with Crippen LogP contribution in [0.3, 0.4) is 0 Å². The molecule has 1 saturated heterocycles. The minimum Gasteiger partial charge on any atom is -0.368 e. The minimum atomic E-state index is -0.578. The third kappa shape index (κ3) is 4.19. The molecule has 31 heavy (non-hydrogen) atoms. The van der Waals surface area contributed by atoms with Crippen LogP contribution in [-0.4, -0.2) is 46.9 Å². The van der Waals surface area contributed by atoms with E-state index in [1.165, 1.54) is 12.1 Å². The van der Waals surface area contributed by atoms with E-state index in [1.807, 2.05) is 35.1 Å². The average molecular weight is 443 g/mol. The number of hydrogen-bond donors (Lipinski definition) is 0. The van der Waals surface area contributed by atoms with Gasteiger partial charge < -0.3 is 4.90 Å². The molecule has 2 heterocycles. The molecule has 7 heteroatoms. The normalized spacial score (nSPS) is 22.2. The molecule has 2 atom stereocenters. The number of anilines is 1. The molecule has 5 rings (SSSR count). The first-order valence-electron chi connectivity index (χ1n) is 10.8. The number of aromatic nitrogens is 2. The minimum absolute atomic E-state index is 0.309. The van der Waals surface area contributed by atoms with Crippen LogP contribution in [0.1, 0.15) is 25.3 Å². The van der Waals surface area contributed by atoms with Crippen LogP contribution in [0.15, 0.2) is 54.7 Å². The van der Waals surface area contributed by atoms with Gasteiger partial charge in [-0.15, -0.1) is 0 Å². The predicted octanol–water partition coefficient (Wildman–Crippen LogP) is 5.40. The highest BCUT2D eigenvalue weighted by molar-refractivity contribution is 6.33. The van der Waals surface area contributed by atoms with Gasteiger partial charge in [-0.05, 0) is 49.6 Å². The number of halogens is 3. The number of para-hydroxylation sites is 1. The summed E-state index contributed by atoms with van der Waals surface area (Å²) in [5, 5.41) is 5.42. The van der Waals surface area contributed by atoms with Gasteiger partial charge >= 0.3 is 0 Å². The Balaban J connectivity index is 1.20. The first-order valence-corrected chi connectivity index (χ1v) is 11.2. The first kappa shape index (κ1) is 20.5. The van der Waals surface area contributed by atoms with Crippen molar-refractivity contribution in [2.24, 2.45) is 0 Å². The number of rotatable bonds is 4. The van der Waals surface area contributed by atoms with Gasteiger partial charge in [-0.3, -0.25) is 9.58 Å². The van der Waals surface area contributed by atoms with Gasteiger partial charge in [0.2, 0.25) is 0 Å². The van der Waals surface area contributed by atoms with Crippen molar-refractivity contribution in [1.29, 1.82) is 0 Å². The Morgan fingerprint density at radius 1 is 0.903 bits per heavy atom. The quantitative estimate of drug-likeness (QED) is 0.541. The first-order chi connectivity index (χ1) is 15.1. The molecular formula is C24H25ClF2N4. The van der Waals surface area contributed by atoms with Crippen LogP contribution < -0.4 is 4.90 Å². The molecule has 1 aromatic heterocycles. The molecule has 1 aliphatic carbocycles. The predicted molar refractivity (Wildman–Crippen MR) is 119 cm³/mol. The van der Waals surface area contributed by atoms with E-state index in [0.29, 0.717) is 23.3 Å². The van der Waals surface area contributed by atoms with Crippen LogP contribution in [0.2, 0.25) is 5.02 Å². The van der Waals surface area contributed by atoms with E-state index in [9.17, 15) is 8.78 Å². The summed E-state index contributed by atoms with van der Waals surface area (Å²) in [6.45, 7) is 3.99. The van der Waals surface area contributed by atoms with Crippen molar-refractivity contribution in [3.05, 3.63) is 71.4 Å². The molecule has 4 nitrogen and oxygen atoms in total. The summed E-state index contributed by atoms with van der Waals surface area (Å²) >= 11 is 6.36. The lowest BCUT2D eigenvalue weighted by atomic mass is 10.1. The van der Waals surface area contributed by atoms with E-state index in [1.54, 1.807) is 0 Å². The molecule has 1 aliphatic heterocycles. The van der Waals surface area contributed by atoms with Crippen LogP contribution >= 0.6 is 11.6 Å². The van der Waals surface area contributed by atoms with Crippen molar-refractivity contribution < 1.29 is 8.78 Å². The third-order valence-electron chi connectivity index (χ3n) is 6.59. The molecule has 2 unspecified atom stereocenters. The van der Waals surface area contributed by atoms with Gasteiger partial charge in [-0.25, -0.2) is 8.78 Å². The molecule has 0 N–H and O–H groups in total. The SMILES string of the molecule is Fc1ccc(-c2ccn(C3CCC(N4CCN(c5ccccc5Cl)CC4)C3)n2)c(F)c1. The summed E-state index contributed by atoms with van der Waals surface area (Å²) in [5.41, 5.74) is 2.00. The van der Waals surface area contributed by atoms with Gasteiger partial charge in [-0.1, -0.05) is 23.7 Å². The molecule has 2 fully saturated rings. The zero-order valence-electron chi connectivity index (χ0n) is 17.2. The summed E-state index contributed by atoms with van der Waals surface area (Å²) < 4.78 is 29.2. The van der Waals surface area contributed by atoms with E-state index in [0.717, 1.165) is 62.2 Å². The summed E-state index contributed by atoms with van der Waals surface area (Å²) in [5.74, 6) is -1.15. The van der Waals surface area contributed by atoms with Gasteiger partial charge in [0.25, 0.3) is 0 Å². The van der Waals surface area contributed by atoms with Gasteiger partial charge in [0.05, 0.1) is 22.4 Å². The molecule has 162 valence electrons. The molecule has 2 aliphatic rings. The zero-order valence-corrected chi connectivity index (χ0v) is 18.0. The summed E-state index contributed by atoms with van der Waals surface area (Å²) in [6, 6.07) is 14.3. The van der Waals surface area contributed by atoms with Crippen molar-refractivity contribution in [2.75, 3.05) is 31.1 Å². The lowest BCUT2D eigenvalue weighted by Crippen LogP contribution is -2.49. The van der Waals surface area contributed by atoms with Crippen molar-refractivity contribution in [3.63, 3.8) is 0 Å². The van der Waals surface area contributed by atoms with Crippen LogP contribution in [0.25, 0.3) is 11.3 Å². The largest absolute Gasteiger partial charge is 0.368 e. The van der Waals surface area contributed by atoms with Crippen LogP contribution in [0.4, 0.5) is 14.5 Å². The van der Waals surface area contributed by atoms with Gasteiger partial charge in [0.15, 0.2) is 0 Å². The smallest absolute Gasteiger partial charge is 0.135 e. The zero-order chi connectivity index (χ0) is 21.4. The fourth-order valence-corrected chi connectivity index (χ4v) is 5.18. The van der Waals surface area contributed by atoms with E-state index in [-0.39, 0.29) is 0 Å². The van der Waals surface area contributed by atoms with Crippen molar-refractivity contribution >= 4 is 17.3 Å². The van der Waals surface area contributed by atoms with Crippen LogP contribution in [0.5, 0.6) is 0 Å². The molecule has 0 amide bonds. The number of nitrogens with zero attached hydrogens (tertiary/aromatic N) is 4. The highest BCUT2D eigenvalue weighted by atomic mass is 35.5. The maximum Gasteiger partial charge on any atom is 0.135 e. The lowest BCUT2D eigenvalue weighted by Gasteiger charge is -2.39. The van der Waals surface area contributed by atoms with Crippen molar-refractivity contribution in [1.82, 2.24) is 14.7 Å². The average Bonchev–Trinajstić information content (AvgIpc) is 3.44. The van der Waals surface area contributed by atoms with E-state index in [4.69, 9.17) is 11.6 Å². The molecule has 2 aromatic carbocycles. The maximum absolute atomic E-state index is 14.1. The Kier molecular flexibility index (Phi) is 5.67. The molecule has 0 bridgehead atoms. The number of benzene rings is 2. The van der Waals surface area contributed by atoms with E-state index >= 15 is 0 Å². The van der Waals surface area contributed by atoms with Gasteiger partial charge in [0, 0.05) is 50.0 Å². The number of piperazine rings is 1. The number of hydrogen-bond acceptors (Lipinski definition) is 3. The third-order valence-corrected chi connectivity index (χ3v) is 6.91. The highest BCUT2D eigenvalue weighted by Gasteiger charge is 2.32. The molecule has 0 radical (unpaired) electrons. The maximum atomic E-state index is 14.1. The highest BCUT2D eigenvalue weighted by Crippen LogP contribution is 2.35. The second-order valence-corrected chi connectivity index (χ2v) is 8.81. The van der Waals surface area contributed by atoms with Crippen LogP contribution in [-0.2, 0) is 0 Å². The van der Waals surface area contributed by atoms with Crippen molar-refractivity contribution in [3.8, 4) is 11.3 Å². The molecule has 0 spiro atoms. The summed E-state index contributed by atoms with van der Waals surface area (Å²) in [7, 11) is 0. The van der Waals surface area contributed by atoms with Crippen LogP contribution in [0, 0.1) is 11.6 Å². The monoisotopic (exact) mass is 442 g/mol. The summed E-state index contributed by atoms with van der Waals surface area (Å²) in [4.78, 5) is 4.94. The topological polar surface area (TPSA) is 24.3 Å². The fraction of sp³-hybridized carbons (Fsp3) is 0.375. The second kappa shape index (κ2) is 8.60. The standard InChI is InChI=1S/C24H25ClF2N4/c25-21-3-1-2-4-24(21)30-13-11-29(12-14-30)18-6-7-19(16-18)31-10-9-23(28-31)20-8-5-17(26)15-22(20)27/h1-5,8-10,15,18-19H,6-7,11-14,16H2. The van der Waals surface area contributed by atoms with Crippen molar-refractivity contribution in [2.45, 2.75) is 31.3 Å².